The summed E-state index contributed by atoms with van der Waals surface area (Å²) >= 11 is 0. The first-order valence-electron chi connectivity index (χ1n) is 31.5. The number of hydrogen-bond donors (Lipinski definition) is 0. The fourth-order valence-electron chi connectivity index (χ4n) is 9.86. The third kappa shape index (κ3) is 57.2. The second kappa shape index (κ2) is 59.0. The van der Waals surface area contributed by atoms with E-state index in [0.29, 0.717) is 19.3 Å². The van der Waals surface area contributed by atoms with Gasteiger partial charge < -0.3 is 14.2 Å². The molecular formula is C63H122O6. The molecular weight excluding hydrogens is 853 g/mol. The molecule has 0 aromatic heterocycles. The average Bonchev–Trinajstić information content (AvgIpc) is 3.35. The van der Waals surface area contributed by atoms with Gasteiger partial charge in [0.1, 0.15) is 13.2 Å². The Morgan fingerprint density at radius 3 is 0.580 bits per heavy atom. The van der Waals surface area contributed by atoms with Crippen LogP contribution < -0.4 is 0 Å². The van der Waals surface area contributed by atoms with Crippen molar-refractivity contribution in [3.63, 3.8) is 0 Å². The fraction of sp³-hybridized carbons (Fsp3) is 0.952. The highest BCUT2D eigenvalue weighted by molar-refractivity contribution is 5.71. The van der Waals surface area contributed by atoms with Gasteiger partial charge in [-0.05, 0) is 19.3 Å². The fourth-order valence-corrected chi connectivity index (χ4v) is 9.86. The van der Waals surface area contributed by atoms with Crippen LogP contribution in [0.4, 0.5) is 0 Å². The van der Waals surface area contributed by atoms with E-state index in [4.69, 9.17) is 14.2 Å². The van der Waals surface area contributed by atoms with E-state index in [9.17, 15) is 14.4 Å². The van der Waals surface area contributed by atoms with Crippen LogP contribution in [0.2, 0.25) is 0 Å². The van der Waals surface area contributed by atoms with Crippen molar-refractivity contribution in [2.75, 3.05) is 13.2 Å². The maximum absolute atomic E-state index is 12.9. The zero-order chi connectivity index (χ0) is 50.0. The van der Waals surface area contributed by atoms with Gasteiger partial charge in [-0.3, -0.25) is 14.4 Å². The van der Waals surface area contributed by atoms with Gasteiger partial charge >= 0.3 is 17.9 Å². The highest BCUT2D eigenvalue weighted by Gasteiger charge is 2.19. The Hall–Kier alpha value is -1.59. The largest absolute Gasteiger partial charge is 0.462 e. The number of hydrogen-bond acceptors (Lipinski definition) is 6. The molecule has 0 atom stereocenters. The lowest BCUT2D eigenvalue weighted by Crippen LogP contribution is -2.30. The summed E-state index contributed by atoms with van der Waals surface area (Å²) in [6.07, 6.45) is 66.8. The van der Waals surface area contributed by atoms with E-state index in [2.05, 4.69) is 20.8 Å². The van der Waals surface area contributed by atoms with E-state index in [1.807, 2.05) is 0 Å². The van der Waals surface area contributed by atoms with Crippen molar-refractivity contribution in [2.24, 2.45) is 0 Å². The molecule has 0 aromatic rings. The van der Waals surface area contributed by atoms with Crippen LogP contribution in [-0.2, 0) is 28.6 Å². The predicted octanol–water partition coefficient (Wildman–Crippen LogP) is 21.1. The Bertz CT molecular complexity index is 971. The highest BCUT2D eigenvalue weighted by Crippen LogP contribution is 2.18. The SMILES string of the molecule is CCCCCCCCCCCCCCCCCCCCCC(=O)OCC(COC(=O)CCCCCCCCCCCCCCCCCCCCC)OC(=O)CCCCCCCCCCCCCCC. The molecule has 0 heterocycles. The molecule has 0 spiro atoms. The van der Waals surface area contributed by atoms with Gasteiger partial charge in [-0.1, -0.05) is 329 Å². The second-order valence-corrected chi connectivity index (χ2v) is 21.7. The van der Waals surface area contributed by atoms with Crippen molar-refractivity contribution in [1.82, 2.24) is 0 Å². The molecule has 6 heteroatoms. The van der Waals surface area contributed by atoms with Gasteiger partial charge in [0.05, 0.1) is 0 Å². The summed E-state index contributed by atoms with van der Waals surface area (Å²) < 4.78 is 16.9. The zero-order valence-electron chi connectivity index (χ0n) is 47.1. The number of esters is 3. The second-order valence-electron chi connectivity index (χ2n) is 21.7. The molecule has 0 radical (unpaired) electrons. The minimum Gasteiger partial charge on any atom is -0.462 e. The molecule has 0 rings (SSSR count). The third-order valence-corrected chi connectivity index (χ3v) is 14.6. The van der Waals surface area contributed by atoms with Crippen LogP contribution >= 0.6 is 0 Å². The Balaban J connectivity index is 4.23. The van der Waals surface area contributed by atoms with Crippen LogP contribution in [0.3, 0.4) is 0 Å². The first-order chi connectivity index (χ1) is 34.0. The number of unbranched alkanes of at least 4 members (excludes halogenated alkanes) is 48. The molecule has 0 fully saturated rings. The summed E-state index contributed by atoms with van der Waals surface area (Å²) in [5.41, 5.74) is 0. The normalized spacial score (nSPS) is 11.5. The van der Waals surface area contributed by atoms with E-state index >= 15 is 0 Å². The number of carbonyl (C=O) groups excluding carboxylic acids is 3. The van der Waals surface area contributed by atoms with E-state index in [1.54, 1.807) is 0 Å². The summed E-state index contributed by atoms with van der Waals surface area (Å²) in [4.78, 5) is 38.2. The lowest BCUT2D eigenvalue weighted by molar-refractivity contribution is -0.167. The van der Waals surface area contributed by atoms with Gasteiger partial charge in [0.25, 0.3) is 0 Å². The Labute approximate surface area is 431 Å². The van der Waals surface area contributed by atoms with Crippen molar-refractivity contribution in [2.45, 2.75) is 374 Å². The van der Waals surface area contributed by atoms with Gasteiger partial charge in [0.2, 0.25) is 0 Å². The molecule has 410 valence electrons. The lowest BCUT2D eigenvalue weighted by Gasteiger charge is -2.18. The van der Waals surface area contributed by atoms with Crippen molar-refractivity contribution in [1.29, 1.82) is 0 Å². The molecule has 0 saturated carbocycles. The van der Waals surface area contributed by atoms with E-state index in [1.165, 1.54) is 270 Å². The number of carbonyl (C=O) groups is 3. The summed E-state index contributed by atoms with van der Waals surface area (Å²) in [6.45, 7) is 6.72. The molecule has 0 aromatic carbocycles. The van der Waals surface area contributed by atoms with Crippen molar-refractivity contribution < 1.29 is 28.6 Å². The molecule has 0 bridgehead atoms. The van der Waals surface area contributed by atoms with E-state index in [0.717, 1.165) is 57.8 Å². The number of rotatable bonds is 59. The Kier molecular flexibility index (Phi) is 57.6. The molecule has 0 aliphatic rings. The van der Waals surface area contributed by atoms with Gasteiger partial charge in [-0.2, -0.15) is 0 Å². The zero-order valence-corrected chi connectivity index (χ0v) is 47.1. The van der Waals surface area contributed by atoms with Crippen molar-refractivity contribution in [3.05, 3.63) is 0 Å². The molecule has 0 saturated heterocycles. The van der Waals surface area contributed by atoms with Crippen LogP contribution in [0, 0.1) is 0 Å². The van der Waals surface area contributed by atoms with E-state index < -0.39 is 6.10 Å². The third-order valence-electron chi connectivity index (χ3n) is 14.6. The summed E-state index contributed by atoms with van der Waals surface area (Å²) in [5.74, 6) is -0.826. The first-order valence-corrected chi connectivity index (χ1v) is 31.5. The Morgan fingerprint density at radius 2 is 0.391 bits per heavy atom. The highest BCUT2D eigenvalue weighted by atomic mass is 16.6. The molecule has 0 aliphatic carbocycles. The van der Waals surface area contributed by atoms with Crippen LogP contribution in [0.1, 0.15) is 367 Å². The van der Waals surface area contributed by atoms with Gasteiger partial charge in [0, 0.05) is 19.3 Å². The molecule has 0 amide bonds. The quantitative estimate of drug-likeness (QED) is 0.0343. The Morgan fingerprint density at radius 1 is 0.232 bits per heavy atom. The lowest BCUT2D eigenvalue weighted by atomic mass is 10.0. The summed E-state index contributed by atoms with van der Waals surface area (Å²) in [6, 6.07) is 0. The monoisotopic (exact) mass is 975 g/mol. The predicted molar refractivity (Wildman–Crippen MR) is 298 cm³/mol. The number of ether oxygens (including phenoxy) is 3. The summed E-state index contributed by atoms with van der Waals surface area (Å²) in [5, 5.41) is 0. The van der Waals surface area contributed by atoms with Crippen molar-refractivity contribution >= 4 is 17.9 Å². The molecule has 0 unspecified atom stereocenters. The minimum atomic E-state index is -0.761. The van der Waals surface area contributed by atoms with E-state index in [-0.39, 0.29) is 31.1 Å². The molecule has 69 heavy (non-hydrogen) atoms. The van der Waals surface area contributed by atoms with Crippen molar-refractivity contribution in [3.8, 4) is 0 Å². The standard InChI is InChI=1S/C63H122O6/c1-4-7-10-13-16-19-22-25-27-29-31-33-35-38-40-43-46-49-52-55-61(64)67-58-60(69-63(66)57-54-51-48-45-42-37-24-21-18-15-12-9-6-3)59-68-62(65)56-53-50-47-44-41-39-36-34-32-30-28-26-23-20-17-14-11-8-5-2/h60H,4-59H2,1-3H3. The van der Waals surface area contributed by atoms with Gasteiger partial charge in [-0.25, -0.2) is 0 Å². The first kappa shape index (κ1) is 67.4. The molecule has 6 nitrogen and oxygen atoms in total. The molecule has 0 N–H and O–H groups in total. The topological polar surface area (TPSA) is 78.9 Å². The van der Waals surface area contributed by atoms with Crippen LogP contribution in [-0.4, -0.2) is 37.2 Å². The van der Waals surface area contributed by atoms with Gasteiger partial charge in [-0.15, -0.1) is 0 Å². The molecule has 0 aliphatic heterocycles. The van der Waals surface area contributed by atoms with Gasteiger partial charge in [0.15, 0.2) is 6.10 Å². The summed E-state index contributed by atoms with van der Waals surface area (Å²) in [7, 11) is 0. The van der Waals surface area contributed by atoms with Crippen LogP contribution in [0.25, 0.3) is 0 Å². The smallest absolute Gasteiger partial charge is 0.306 e. The maximum Gasteiger partial charge on any atom is 0.306 e. The average molecular weight is 976 g/mol. The van der Waals surface area contributed by atoms with Crippen LogP contribution in [0.15, 0.2) is 0 Å². The van der Waals surface area contributed by atoms with Crippen LogP contribution in [0.5, 0.6) is 0 Å². The minimum absolute atomic E-state index is 0.0607. The maximum atomic E-state index is 12.9.